The molecular weight excluding hydrogens is 290 g/mol. The topological polar surface area (TPSA) is 52.9 Å². The number of carbonyl (C=O) groups excluding carboxylic acids is 1. The highest BCUT2D eigenvalue weighted by Gasteiger charge is 2.19. The van der Waals surface area contributed by atoms with Crippen molar-refractivity contribution in [1.29, 1.82) is 0 Å². The molecule has 1 fully saturated rings. The standard InChI is InChI=1S/C17H21N5O/c1-2-6-18-17(23)14-21-10-8-20(9-11-21)12-15-13-22-7-4-3-5-16(22)19-15/h1,3-5,7,13H,6,8-12,14H2,(H,18,23). The van der Waals surface area contributed by atoms with Crippen molar-refractivity contribution in [3.63, 3.8) is 0 Å². The van der Waals surface area contributed by atoms with Gasteiger partial charge in [-0.15, -0.1) is 6.42 Å². The maximum Gasteiger partial charge on any atom is 0.234 e. The highest BCUT2D eigenvalue weighted by Crippen LogP contribution is 2.09. The minimum absolute atomic E-state index is 0.00301. The lowest BCUT2D eigenvalue weighted by molar-refractivity contribution is -0.122. The van der Waals surface area contributed by atoms with Gasteiger partial charge < -0.3 is 9.72 Å². The highest BCUT2D eigenvalue weighted by molar-refractivity contribution is 5.78. The smallest absolute Gasteiger partial charge is 0.234 e. The second kappa shape index (κ2) is 7.27. The number of hydrogen-bond acceptors (Lipinski definition) is 4. The lowest BCUT2D eigenvalue weighted by Gasteiger charge is -2.33. The van der Waals surface area contributed by atoms with Crippen molar-refractivity contribution in [3.8, 4) is 12.3 Å². The van der Waals surface area contributed by atoms with Crippen LogP contribution in [0.2, 0.25) is 0 Å². The predicted molar refractivity (Wildman–Crippen MR) is 88.8 cm³/mol. The van der Waals surface area contributed by atoms with E-state index < -0.39 is 0 Å². The molecule has 120 valence electrons. The van der Waals surface area contributed by atoms with E-state index in [2.05, 4.69) is 32.2 Å². The number of imidazole rings is 1. The summed E-state index contributed by atoms with van der Waals surface area (Å²) in [5, 5.41) is 2.70. The van der Waals surface area contributed by atoms with E-state index in [4.69, 9.17) is 6.42 Å². The summed E-state index contributed by atoms with van der Waals surface area (Å²) in [4.78, 5) is 20.8. The average Bonchev–Trinajstić information content (AvgIpc) is 2.97. The number of aromatic nitrogens is 2. The molecule has 6 heteroatoms. The minimum Gasteiger partial charge on any atom is -0.344 e. The molecule has 1 amide bonds. The molecule has 0 aromatic carbocycles. The van der Waals surface area contributed by atoms with Gasteiger partial charge in [-0.1, -0.05) is 12.0 Å². The largest absolute Gasteiger partial charge is 0.344 e. The lowest BCUT2D eigenvalue weighted by Crippen LogP contribution is -2.49. The summed E-state index contributed by atoms with van der Waals surface area (Å²) in [6, 6.07) is 6.01. The van der Waals surface area contributed by atoms with Crippen molar-refractivity contribution in [2.24, 2.45) is 0 Å². The van der Waals surface area contributed by atoms with Crippen molar-refractivity contribution < 1.29 is 4.79 Å². The number of nitrogens with zero attached hydrogens (tertiary/aromatic N) is 4. The molecule has 2 aromatic rings. The lowest BCUT2D eigenvalue weighted by atomic mass is 10.3. The Morgan fingerprint density at radius 3 is 2.78 bits per heavy atom. The molecule has 3 heterocycles. The average molecular weight is 311 g/mol. The van der Waals surface area contributed by atoms with Crippen molar-refractivity contribution in [1.82, 2.24) is 24.5 Å². The molecule has 2 aromatic heterocycles. The number of piperazine rings is 1. The van der Waals surface area contributed by atoms with Crippen LogP contribution >= 0.6 is 0 Å². The third-order valence-electron chi connectivity index (χ3n) is 4.02. The first-order valence-electron chi connectivity index (χ1n) is 7.82. The number of nitrogens with one attached hydrogen (secondary N) is 1. The van der Waals surface area contributed by atoms with Gasteiger partial charge in [-0.3, -0.25) is 14.6 Å². The second-order valence-electron chi connectivity index (χ2n) is 5.73. The summed E-state index contributed by atoms with van der Waals surface area (Å²) in [5.74, 6) is 2.41. The molecule has 1 aliphatic heterocycles. The summed E-state index contributed by atoms with van der Waals surface area (Å²) >= 11 is 0. The summed E-state index contributed by atoms with van der Waals surface area (Å²) < 4.78 is 2.04. The van der Waals surface area contributed by atoms with E-state index in [1.54, 1.807) is 0 Å². The summed E-state index contributed by atoms with van der Waals surface area (Å²) in [6.45, 7) is 5.22. The molecule has 0 spiro atoms. The van der Waals surface area contributed by atoms with Crippen molar-refractivity contribution in [2.45, 2.75) is 6.54 Å². The Morgan fingerprint density at radius 2 is 2.04 bits per heavy atom. The number of carbonyl (C=O) groups is 1. The fraction of sp³-hybridized carbons (Fsp3) is 0.412. The van der Waals surface area contributed by atoms with E-state index in [1.165, 1.54) is 0 Å². The highest BCUT2D eigenvalue weighted by atomic mass is 16.2. The number of amides is 1. The van der Waals surface area contributed by atoms with Gasteiger partial charge in [-0.25, -0.2) is 4.98 Å². The van der Waals surface area contributed by atoms with Crippen LogP contribution in [0.5, 0.6) is 0 Å². The van der Waals surface area contributed by atoms with Gasteiger partial charge in [0.1, 0.15) is 5.65 Å². The predicted octanol–water partition coefficient (Wildman–Crippen LogP) is 0.201. The van der Waals surface area contributed by atoms with Crippen LogP contribution in [-0.2, 0) is 11.3 Å². The fourth-order valence-corrected chi connectivity index (χ4v) is 2.81. The number of terminal acetylenes is 1. The van der Waals surface area contributed by atoms with E-state index >= 15 is 0 Å². The maximum atomic E-state index is 11.7. The van der Waals surface area contributed by atoms with Crippen LogP contribution in [-0.4, -0.2) is 64.4 Å². The SMILES string of the molecule is C#CCNC(=O)CN1CCN(Cc2cn3ccccc3n2)CC1. The van der Waals surface area contributed by atoms with Gasteiger partial charge in [-0.2, -0.15) is 0 Å². The second-order valence-corrected chi connectivity index (χ2v) is 5.73. The van der Waals surface area contributed by atoms with Gasteiger partial charge in [0.15, 0.2) is 0 Å². The zero-order valence-electron chi connectivity index (χ0n) is 13.1. The zero-order chi connectivity index (χ0) is 16.1. The van der Waals surface area contributed by atoms with Gasteiger partial charge in [0.05, 0.1) is 18.8 Å². The van der Waals surface area contributed by atoms with E-state index in [9.17, 15) is 4.79 Å². The molecule has 0 atom stereocenters. The van der Waals surface area contributed by atoms with Crippen LogP contribution in [0, 0.1) is 12.3 Å². The Balaban J connectivity index is 1.47. The minimum atomic E-state index is -0.00301. The Morgan fingerprint density at radius 1 is 1.26 bits per heavy atom. The molecule has 0 unspecified atom stereocenters. The molecule has 3 rings (SSSR count). The first-order valence-corrected chi connectivity index (χ1v) is 7.82. The summed E-state index contributed by atoms with van der Waals surface area (Å²) in [6.07, 6.45) is 9.23. The summed E-state index contributed by atoms with van der Waals surface area (Å²) in [5.41, 5.74) is 2.06. The number of hydrogen-bond donors (Lipinski definition) is 1. The van der Waals surface area contributed by atoms with E-state index in [0.717, 1.165) is 44.1 Å². The Labute approximate surface area is 136 Å². The number of pyridine rings is 1. The molecule has 6 nitrogen and oxygen atoms in total. The van der Waals surface area contributed by atoms with Gasteiger partial charge in [-0.05, 0) is 12.1 Å². The summed E-state index contributed by atoms with van der Waals surface area (Å²) in [7, 11) is 0. The van der Waals surface area contributed by atoms with Crippen LogP contribution < -0.4 is 5.32 Å². The number of fused-ring (bicyclic) bond motifs is 1. The van der Waals surface area contributed by atoms with Crippen LogP contribution in [0.15, 0.2) is 30.6 Å². The Hall–Kier alpha value is -2.36. The van der Waals surface area contributed by atoms with Crippen LogP contribution in [0.3, 0.4) is 0 Å². The Bertz CT molecular complexity index is 676. The van der Waals surface area contributed by atoms with Gasteiger partial charge in [0, 0.05) is 45.1 Å². The first kappa shape index (κ1) is 15.5. The zero-order valence-corrected chi connectivity index (χ0v) is 13.1. The van der Waals surface area contributed by atoms with Crippen molar-refractivity contribution in [3.05, 3.63) is 36.3 Å². The number of rotatable bonds is 5. The van der Waals surface area contributed by atoms with Crippen molar-refractivity contribution in [2.75, 3.05) is 39.3 Å². The third kappa shape index (κ3) is 4.09. The molecule has 1 saturated heterocycles. The van der Waals surface area contributed by atoms with Gasteiger partial charge >= 0.3 is 0 Å². The normalized spacial score (nSPS) is 16.3. The molecule has 0 aliphatic carbocycles. The van der Waals surface area contributed by atoms with Crippen LogP contribution in [0.4, 0.5) is 0 Å². The van der Waals surface area contributed by atoms with Gasteiger partial charge in [0.25, 0.3) is 0 Å². The molecule has 1 N–H and O–H groups in total. The van der Waals surface area contributed by atoms with E-state index in [0.29, 0.717) is 13.1 Å². The van der Waals surface area contributed by atoms with E-state index in [1.807, 2.05) is 28.8 Å². The maximum absolute atomic E-state index is 11.7. The molecule has 1 aliphatic rings. The molecule has 0 saturated carbocycles. The fourth-order valence-electron chi connectivity index (χ4n) is 2.81. The molecule has 0 radical (unpaired) electrons. The Kier molecular flexibility index (Phi) is 4.91. The van der Waals surface area contributed by atoms with Crippen molar-refractivity contribution >= 4 is 11.6 Å². The van der Waals surface area contributed by atoms with Gasteiger partial charge in [0.2, 0.25) is 5.91 Å². The van der Waals surface area contributed by atoms with Crippen LogP contribution in [0.25, 0.3) is 5.65 Å². The molecule has 0 bridgehead atoms. The quantitative estimate of drug-likeness (QED) is 0.802. The molecular formula is C17H21N5O. The van der Waals surface area contributed by atoms with Crippen LogP contribution in [0.1, 0.15) is 5.69 Å². The first-order chi connectivity index (χ1) is 11.2. The monoisotopic (exact) mass is 311 g/mol. The molecule has 23 heavy (non-hydrogen) atoms. The third-order valence-corrected chi connectivity index (χ3v) is 4.02. The van der Waals surface area contributed by atoms with E-state index in [-0.39, 0.29) is 5.91 Å².